The highest BCUT2D eigenvalue weighted by atomic mass is 31.2. The van der Waals surface area contributed by atoms with Gasteiger partial charge in [-0.25, -0.2) is 4.57 Å². The highest BCUT2D eigenvalue weighted by Gasteiger charge is 2.25. The molecule has 0 heterocycles. The van der Waals surface area contributed by atoms with Gasteiger partial charge in [-0.2, -0.15) is 0 Å². The lowest BCUT2D eigenvalue weighted by Crippen LogP contribution is -2.29. The molecule has 0 bridgehead atoms. The van der Waals surface area contributed by atoms with E-state index in [4.69, 9.17) is 24.3 Å². The maximum Gasteiger partial charge on any atom is 0.472 e. The molecule has 0 aromatic carbocycles. The smallest absolute Gasteiger partial charge is 0.462 e. The summed E-state index contributed by atoms with van der Waals surface area (Å²) in [7, 11) is -4.39. The third kappa shape index (κ3) is 37.5. The van der Waals surface area contributed by atoms with Gasteiger partial charge in [-0.05, 0) is 51.4 Å². The lowest BCUT2D eigenvalue weighted by atomic mass is 10.0. The van der Waals surface area contributed by atoms with Crippen LogP contribution in [0.2, 0.25) is 0 Å². The van der Waals surface area contributed by atoms with E-state index < -0.39 is 32.5 Å². The van der Waals surface area contributed by atoms with E-state index in [9.17, 15) is 19.0 Å². The highest BCUT2D eigenvalue weighted by molar-refractivity contribution is 7.47. The lowest BCUT2D eigenvalue weighted by molar-refractivity contribution is -0.161. The molecule has 0 aromatic heterocycles. The van der Waals surface area contributed by atoms with Crippen molar-refractivity contribution in [3.63, 3.8) is 0 Å². The summed E-state index contributed by atoms with van der Waals surface area (Å²) in [5.41, 5.74) is 5.33. The zero-order valence-electron chi connectivity index (χ0n) is 32.8. The molecule has 0 saturated carbocycles. The first-order valence-electron chi connectivity index (χ1n) is 20.3. The summed E-state index contributed by atoms with van der Waals surface area (Å²) < 4.78 is 32.6. The third-order valence-electron chi connectivity index (χ3n) is 8.17. The lowest BCUT2D eigenvalue weighted by Gasteiger charge is -2.19. The second kappa shape index (κ2) is 38.4. The molecule has 0 aromatic rings. The predicted molar refractivity (Wildman–Crippen MR) is 215 cm³/mol. The second-order valence-electron chi connectivity index (χ2n) is 13.2. The van der Waals surface area contributed by atoms with Gasteiger partial charge in [-0.3, -0.25) is 18.6 Å². The normalized spacial score (nSPS) is 14.0. The molecule has 0 fully saturated rings. The van der Waals surface area contributed by atoms with Crippen LogP contribution in [0, 0.1) is 0 Å². The van der Waals surface area contributed by atoms with Gasteiger partial charge in [0.2, 0.25) is 0 Å². The maximum atomic E-state index is 12.5. The monoisotopic (exact) mass is 752 g/mol. The van der Waals surface area contributed by atoms with Gasteiger partial charge in [0.05, 0.1) is 13.2 Å². The van der Waals surface area contributed by atoms with Crippen molar-refractivity contribution in [2.24, 2.45) is 5.73 Å². The van der Waals surface area contributed by atoms with E-state index in [0.717, 1.165) is 44.9 Å². The maximum absolute atomic E-state index is 12.5. The van der Waals surface area contributed by atoms with Crippen molar-refractivity contribution < 1.29 is 37.6 Å². The molecule has 2 atom stereocenters. The van der Waals surface area contributed by atoms with Gasteiger partial charge in [0, 0.05) is 19.4 Å². The van der Waals surface area contributed by atoms with Crippen molar-refractivity contribution in [2.75, 3.05) is 26.4 Å². The molecule has 0 rings (SSSR count). The van der Waals surface area contributed by atoms with Gasteiger partial charge in [0.15, 0.2) is 6.10 Å². The van der Waals surface area contributed by atoms with Crippen LogP contribution in [-0.4, -0.2) is 49.3 Å². The van der Waals surface area contributed by atoms with Crippen molar-refractivity contribution in [3.05, 3.63) is 60.8 Å². The largest absolute Gasteiger partial charge is 0.472 e. The molecule has 3 N–H and O–H groups in total. The summed E-state index contributed by atoms with van der Waals surface area (Å²) in [5, 5.41) is 0. The Balaban J connectivity index is 4.34. The van der Waals surface area contributed by atoms with Crippen LogP contribution in [0.5, 0.6) is 0 Å². The number of nitrogens with two attached hydrogens (primary N) is 1. The molecule has 0 saturated heterocycles. The molecule has 0 aliphatic carbocycles. The number of carbonyl (C=O) groups excluding carboxylic acids is 2. The fourth-order valence-corrected chi connectivity index (χ4v) is 5.91. The molecular formula is C42H74NO8P. The van der Waals surface area contributed by atoms with Crippen LogP contribution in [0.3, 0.4) is 0 Å². The number of carbonyl (C=O) groups is 2. The molecule has 1 unspecified atom stereocenters. The third-order valence-corrected chi connectivity index (χ3v) is 9.15. The van der Waals surface area contributed by atoms with Crippen LogP contribution in [0.25, 0.3) is 0 Å². The Morgan fingerprint density at radius 3 is 1.56 bits per heavy atom. The Hall–Kier alpha value is -2.29. The fourth-order valence-electron chi connectivity index (χ4n) is 5.15. The van der Waals surface area contributed by atoms with Gasteiger partial charge >= 0.3 is 19.8 Å². The summed E-state index contributed by atoms with van der Waals surface area (Å²) in [6.45, 7) is 3.60. The Bertz CT molecular complexity index is 1040. The van der Waals surface area contributed by atoms with E-state index in [1.807, 2.05) is 12.2 Å². The van der Waals surface area contributed by atoms with Crippen molar-refractivity contribution in [1.29, 1.82) is 0 Å². The topological polar surface area (TPSA) is 134 Å². The number of esters is 2. The number of phosphoric acid groups is 1. The molecule has 0 radical (unpaired) electrons. The first-order chi connectivity index (χ1) is 25.3. The first kappa shape index (κ1) is 49.7. The van der Waals surface area contributed by atoms with Gasteiger partial charge in [0.1, 0.15) is 6.61 Å². The van der Waals surface area contributed by atoms with Crippen LogP contribution in [0.15, 0.2) is 60.8 Å². The number of phosphoric ester groups is 1. The highest BCUT2D eigenvalue weighted by Crippen LogP contribution is 2.43. The van der Waals surface area contributed by atoms with Crippen LogP contribution >= 0.6 is 7.82 Å². The van der Waals surface area contributed by atoms with Crippen LogP contribution in [0.4, 0.5) is 0 Å². The van der Waals surface area contributed by atoms with E-state index in [-0.39, 0.29) is 32.6 Å². The Morgan fingerprint density at radius 1 is 0.577 bits per heavy atom. The Morgan fingerprint density at radius 2 is 1.04 bits per heavy atom. The number of rotatable bonds is 37. The summed E-state index contributed by atoms with van der Waals surface area (Å²) in [5.74, 6) is -0.928. The van der Waals surface area contributed by atoms with Gasteiger partial charge in [0.25, 0.3) is 0 Å². The summed E-state index contributed by atoms with van der Waals surface area (Å²) in [6, 6.07) is 0. The van der Waals surface area contributed by atoms with Crippen LogP contribution < -0.4 is 5.73 Å². The Kier molecular flexibility index (Phi) is 36.7. The quantitative estimate of drug-likeness (QED) is 0.0275. The number of allylic oxidation sites excluding steroid dienone is 10. The van der Waals surface area contributed by atoms with Crippen molar-refractivity contribution in [2.45, 2.75) is 168 Å². The zero-order chi connectivity index (χ0) is 38.2. The van der Waals surface area contributed by atoms with E-state index in [1.165, 1.54) is 83.5 Å². The molecular weight excluding hydrogens is 677 g/mol. The zero-order valence-corrected chi connectivity index (χ0v) is 33.7. The Labute approximate surface area is 317 Å². The average molecular weight is 752 g/mol. The van der Waals surface area contributed by atoms with Gasteiger partial charge in [-0.1, -0.05) is 158 Å². The predicted octanol–water partition coefficient (Wildman–Crippen LogP) is 11.3. The SMILES string of the molecule is CCCCC/C=C/C/C=C/C/C=C/C/C=C/C/C=C/CCC(=O)O[C@H](COC(=O)CCCCCCCCCCCCCC)COP(=O)(O)OCCN. The summed E-state index contributed by atoms with van der Waals surface area (Å²) in [6.07, 6.45) is 44.1. The van der Waals surface area contributed by atoms with E-state index in [0.29, 0.717) is 6.42 Å². The second-order valence-corrected chi connectivity index (χ2v) is 14.6. The van der Waals surface area contributed by atoms with E-state index >= 15 is 0 Å². The number of unbranched alkanes of at least 4 members (excludes halogenated alkanes) is 14. The van der Waals surface area contributed by atoms with E-state index in [2.05, 4.69) is 62.5 Å². The number of ether oxygens (including phenoxy) is 2. The molecule has 52 heavy (non-hydrogen) atoms. The van der Waals surface area contributed by atoms with Crippen molar-refractivity contribution in [1.82, 2.24) is 0 Å². The standard InChI is InChI=1S/C42H74NO8P/c1-3-5-7-9-11-13-15-17-18-19-20-21-22-23-25-27-29-31-33-35-42(45)51-40(39-50-52(46,47)49-37-36-43)38-48-41(44)34-32-30-28-26-24-16-14-12-10-8-6-4-2/h11,13,17-18,20-21,23,25,29,31,40H,3-10,12,14-16,19,22,24,26-28,30,32-39,43H2,1-2H3,(H,46,47)/b13-11+,18-17+,21-20+,25-23+,31-29+/t40-/m1/s1. The minimum atomic E-state index is -4.39. The summed E-state index contributed by atoms with van der Waals surface area (Å²) in [4.78, 5) is 34.7. The minimum absolute atomic E-state index is 0.0407. The van der Waals surface area contributed by atoms with Crippen LogP contribution in [-0.2, 0) is 32.7 Å². The molecule has 300 valence electrons. The molecule has 9 nitrogen and oxygen atoms in total. The van der Waals surface area contributed by atoms with Crippen LogP contribution in [0.1, 0.15) is 162 Å². The molecule has 0 amide bonds. The van der Waals surface area contributed by atoms with Gasteiger partial charge in [-0.15, -0.1) is 0 Å². The molecule has 10 heteroatoms. The molecule has 0 aliphatic rings. The molecule has 0 aliphatic heterocycles. The number of hydrogen-bond acceptors (Lipinski definition) is 8. The van der Waals surface area contributed by atoms with E-state index in [1.54, 1.807) is 0 Å². The van der Waals surface area contributed by atoms with Gasteiger partial charge < -0.3 is 20.1 Å². The fraction of sp³-hybridized carbons (Fsp3) is 0.714. The molecule has 0 spiro atoms. The number of hydrogen-bond donors (Lipinski definition) is 2. The first-order valence-corrected chi connectivity index (χ1v) is 21.8. The minimum Gasteiger partial charge on any atom is -0.462 e. The van der Waals surface area contributed by atoms with Crippen molar-refractivity contribution in [3.8, 4) is 0 Å². The van der Waals surface area contributed by atoms with Crippen molar-refractivity contribution >= 4 is 19.8 Å². The summed E-state index contributed by atoms with van der Waals surface area (Å²) >= 11 is 0. The average Bonchev–Trinajstić information content (AvgIpc) is 3.13.